The molecular weight excluding hydrogens is 425 g/mol. The zero-order chi connectivity index (χ0) is 22.9. The molecule has 0 radical (unpaired) electrons. The van der Waals surface area contributed by atoms with E-state index in [9.17, 15) is 14.3 Å². The normalized spacial score (nSPS) is 13.3. The fourth-order valence-corrected chi connectivity index (χ4v) is 5.26. The summed E-state index contributed by atoms with van der Waals surface area (Å²) in [6, 6.07) is 5.48. The van der Waals surface area contributed by atoms with Gasteiger partial charge >= 0.3 is 5.97 Å². The first kappa shape index (κ1) is 24.1. The standard InChI is InChI=1S/C22H29ClFNO4Si/c1-13(2)22(4,5)30(6,7)29-21(27)14(3)28-19-9-8-15(10-18(19)26)20-17(24)11-16(23)12-25-20/h8-14,26H,1-7H3/t14-/m1/s1. The Balaban J connectivity index is 2.15. The molecule has 2 aromatic rings. The van der Waals surface area contributed by atoms with Crippen LogP contribution >= 0.6 is 11.6 Å². The first-order chi connectivity index (χ1) is 13.8. The Hall–Kier alpha value is -2.12. The summed E-state index contributed by atoms with van der Waals surface area (Å²) in [5.74, 6) is -0.870. The minimum absolute atomic E-state index is 0.0531. The second kappa shape index (κ2) is 8.94. The Bertz CT molecular complexity index is 933. The molecular formula is C22H29ClFNO4Si. The van der Waals surface area contributed by atoms with Gasteiger partial charge in [0.05, 0.1) is 5.02 Å². The number of pyridine rings is 1. The van der Waals surface area contributed by atoms with Crippen LogP contribution in [-0.2, 0) is 9.22 Å². The number of carbonyl (C=O) groups excluding carboxylic acids is 1. The molecule has 0 aliphatic carbocycles. The molecule has 30 heavy (non-hydrogen) atoms. The van der Waals surface area contributed by atoms with Crippen LogP contribution in [0.15, 0.2) is 30.5 Å². The summed E-state index contributed by atoms with van der Waals surface area (Å²) in [5, 5.41) is 10.4. The van der Waals surface area contributed by atoms with Crippen molar-refractivity contribution in [2.24, 2.45) is 5.92 Å². The van der Waals surface area contributed by atoms with Crippen LogP contribution in [0, 0.1) is 11.7 Å². The lowest BCUT2D eigenvalue weighted by Gasteiger charge is -2.42. The van der Waals surface area contributed by atoms with Crippen molar-refractivity contribution in [2.75, 3.05) is 0 Å². The molecule has 0 fully saturated rings. The highest BCUT2D eigenvalue weighted by Crippen LogP contribution is 2.44. The number of halogens is 2. The van der Waals surface area contributed by atoms with E-state index in [1.807, 2.05) is 13.1 Å². The predicted molar refractivity (Wildman–Crippen MR) is 119 cm³/mol. The van der Waals surface area contributed by atoms with Crippen molar-refractivity contribution in [1.29, 1.82) is 0 Å². The molecule has 1 atom stereocenters. The van der Waals surface area contributed by atoms with E-state index in [1.165, 1.54) is 18.3 Å². The van der Waals surface area contributed by atoms with E-state index in [2.05, 4.69) is 32.7 Å². The Morgan fingerprint density at radius 3 is 2.40 bits per heavy atom. The molecule has 0 bridgehead atoms. The first-order valence-electron chi connectivity index (χ1n) is 9.80. The van der Waals surface area contributed by atoms with Crippen molar-refractivity contribution in [2.45, 2.75) is 58.9 Å². The Morgan fingerprint density at radius 1 is 1.23 bits per heavy atom. The first-order valence-corrected chi connectivity index (χ1v) is 13.1. The van der Waals surface area contributed by atoms with Crippen LogP contribution in [0.1, 0.15) is 34.6 Å². The van der Waals surface area contributed by atoms with Crippen molar-refractivity contribution in [3.63, 3.8) is 0 Å². The summed E-state index contributed by atoms with van der Waals surface area (Å²) in [5.41, 5.74) is 0.411. The highest BCUT2D eigenvalue weighted by Gasteiger charge is 2.46. The van der Waals surface area contributed by atoms with Gasteiger partial charge in [0.2, 0.25) is 0 Å². The van der Waals surface area contributed by atoms with Gasteiger partial charge in [0, 0.05) is 11.8 Å². The van der Waals surface area contributed by atoms with Gasteiger partial charge in [-0.15, -0.1) is 0 Å². The number of carbonyl (C=O) groups is 1. The van der Waals surface area contributed by atoms with Gasteiger partial charge in [0.15, 0.2) is 23.4 Å². The molecule has 0 saturated carbocycles. The molecule has 1 aromatic heterocycles. The number of benzene rings is 1. The van der Waals surface area contributed by atoms with Gasteiger partial charge in [-0.05, 0) is 55.2 Å². The predicted octanol–water partition coefficient (Wildman–Crippen LogP) is 6.20. The minimum Gasteiger partial charge on any atom is -0.516 e. The number of nitrogens with zero attached hydrogens (tertiary/aromatic N) is 1. The number of phenols is 1. The van der Waals surface area contributed by atoms with E-state index in [1.54, 1.807) is 13.0 Å². The molecule has 1 heterocycles. The van der Waals surface area contributed by atoms with Crippen molar-refractivity contribution >= 4 is 25.9 Å². The fourth-order valence-electron chi connectivity index (χ4n) is 2.79. The summed E-state index contributed by atoms with van der Waals surface area (Å²) in [4.78, 5) is 16.6. The average molecular weight is 454 g/mol. The maximum Gasteiger partial charge on any atom is 0.333 e. The zero-order valence-corrected chi connectivity index (χ0v) is 20.2. The lowest BCUT2D eigenvalue weighted by Crippen LogP contribution is -2.48. The molecule has 8 heteroatoms. The number of aromatic nitrogens is 1. The average Bonchev–Trinajstić information content (AvgIpc) is 2.62. The van der Waals surface area contributed by atoms with Crippen LogP contribution in [0.4, 0.5) is 4.39 Å². The maximum atomic E-state index is 14.1. The van der Waals surface area contributed by atoms with Gasteiger partial charge in [0.25, 0.3) is 8.32 Å². The van der Waals surface area contributed by atoms with Crippen LogP contribution in [0.3, 0.4) is 0 Å². The topological polar surface area (TPSA) is 68.7 Å². The molecule has 0 amide bonds. The Labute approximate surface area is 183 Å². The van der Waals surface area contributed by atoms with Crippen molar-refractivity contribution < 1.29 is 23.5 Å². The fraction of sp³-hybridized carbons (Fsp3) is 0.455. The van der Waals surface area contributed by atoms with Gasteiger partial charge in [-0.3, -0.25) is 4.98 Å². The largest absolute Gasteiger partial charge is 0.516 e. The van der Waals surface area contributed by atoms with E-state index < -0.39 is 26.2 Å². The van der Waals surface area contributed by atoms with Crippen molar-refractivity contribution in [3.8, 4) is 22.8 Å². The summed E-state index contributed by atoms with van der Waals surface area (Å²) in [6.45, 7) is 14.0. The van der Waals surface area contributed by atoms with E-state index in [4.69, 9.17) is 20.8 Å². The lowest BCUT2D eigenvalue weighted by molar-refractivity contribution is -0.142. The molecule has 0 unspecified atom stereocenters. The van der Waals surface area contributed by atoms with Crippen molar-refractivity contribution in [1.82, 2.24) is 4.98 Å². The van der Waals surface area contributed by atoms with E-state index >= 15 is 0 Å². The van der Waals surface area contributed by atoms with Gasteiger partial charge in [0.1, 0.15) is 5.69 Å². The van der Waals surface area contributed by atoms with E-state index in [0.717, 1.165) is 6.07 Å². The molecule has 0 aliphatic heterocycles. The number of phenolic OH excluding ortho intramolecular Hbond substituents is 1. The van der Waals surface area contributed by atoms with Crippen LogP contribution in [0.5, 0.6) is 11.5 Å². The minimum atomic E-state index is -2.37. The molecule has 1 aromatic carbocycles. The number of rotatable bonds is 7. The molecule has 5 nitrogen and oxygen atoms in total. The molecule has 0 saturated heterocycles. The van der Waals surface area contributed by atoms with Crippen LogP contribution in [0.2, 0.25) is 23.2 Å². The number of hydrogen-bond acceptors (Lipinski definition) is 5. The Morgan fingerprint density at radius 2 is 1.87 bits per heavy atom. The zero-order valence-electron chi connectivity index (χ0n) is 18.4. The van der Waals surface area contributed by atoms with Gasteiger partial charge in [-0.1, -0.05) is 39.3 Å². The third-order valence-corrected chi connectivity index (χ3v) is 10.6. The second-order valence-corrected chi connectivity index (χ2v) is 13.7. The summed E-state index contributed by atoms with van der Waals surface area (Å²) in [6.07, 6.45) is 0.408. The van der Waals surface area contributed by atoms with Crippen molar-refractivity contribution in [3.05, 3.63) is 41.3 Å². The van der Waals surface area contributed by atoms with Gasteiger partial charge in [-0.25, -0.2) is 9.18 Å². The smallest absolute Gasteiger partial charge is 0.333 e. The molecule has 0 spiro atoms. The van der Waals surface area contributed by atoms with Gasteiger partial charge in [-0.2, -0.15) is 0 Å². The summed E-state index contributed by atoms with van der Waals surface area (Å²) < 4.78 is 25.6. The molecule has 164 valence electrons. The molecule has 2 rings (SSSR count). The summed E-state index contributed by atoms with van der Waals surface area (Å²) >= 11 is 5.73. The van der Waals surface area contributed by atoms with Gasteiger partial charge < -0.3 is 14.3 Å². The van der Waals surface area contributed by atoms with E-state index in [0.29, 0.717) is 11.5 Å². The Kier molecular flexibility index (Phi) is 7.19. The van der Waals surface area contributed by atoms with Crippen LogP contribution < -0.4 is 4.74 Å². The van der Waals surface area contributed by atoms with E-state index in [-0.39, 0.29) is 27.3 Å². The highest BCUT2D eigenvalue weighted by atomic mass is 35.5. The van der Waals surface area contributed by atoms with Crippen LogP contribution in [0.25, 0.3) is 11.3 Å². The molecule has 0 aliphatic rings. The number of hydrogen-bond donors (Lipinski definition) is 1. The highest BCUT2D eigenvalue weighted by molar-refractivity contribution is 6.75. The second-order valence-electron chi connectivity index (χ2n) is 8.73. The molecule has 1 N–H and O–H groups in total. The third-order valence-electron chi connectivity index (χ3n) is 6.03. The number of aromatic hydroxyl groups is 1. The van der Waals surface area contributed by atoms with Crippen LogP contribution in [-0.4, -0.2) is 30.5 Å². The monoisotopic (exact) mass is 453 g/mol. The lowest BCUT2D eigenvalue weighted by atomic mass is 9.99. The SMILES string of the molecule is CC(C)C(C)(C)[Si](C)(C)OC(=O)[C@@H](C)Oc1ccc(-c2ncc(Cl)cc2F)cc1O. The summed E-state index contributed by atoms with van der Waals surface area (Å²) in [7, 11) is -2.37. The quantitative estimate of drug-likeness (QED) is 0.505. The number of ether oxygens (including phenoxy) is 1. The maximum absolute atomic E-state index is 14.1. The third kappa shape index (κ3) is 5.13.